The Balaban J connectivity index is 2.17. The molecular formula is C13H19NO2. The SMILES string of the molecule is COc1cc2c(cc1OC)[C@@H](CCCN)C2. The van der Waals surface area contributed by atoms with Gasteiger partial charge in [0.25, 0.3) is 0 Å². The molecular weight excluding hydrogens is 202 g/mol. The second-order valence-corrected chi connectivity index (χ2v) is 4.24. The molecule has 0 heterocycles. The molecule has 0 aromatic heterocycles. The first kappa shape index (κ1) is 11.3. The van der Waals surface area contributed by atoms with Crippen molar-refractivity contribution in [2.24, 2.45) is 5.73 Å². The van der Waals surface area contributed by atoms with Gasteiger partial charge in [0.15, 0.2) is 11.5 Å². The van der Waals surface area contributed by atoms with Crippen LogP contribution in [0, 0.1) is 0 Å². The second kappa shape index (κ2) is 4.74. The van der Waals surface area contributed by atoms with Crippen LogP contribution in [0.2, 0.25) is 0 Å². The van der Waals surface area contributed by atoms with E-state index in [4.69, 9.17) is 15.2 Å². The number of hydrogen-bond donors (Lipinski definition) is 1. The minimum absolute atomic E-state index is 0.665. The van der Waals surface area contributed by atoms with E-state index in [9.17, 15) is 0 Å². The third kappa shape index (κ3) is 1.87. The largest absolute Gasteiger partial charge is 0.493 e. The van der Waals surface area contributed by atoms with E-state index < -0.39 is 0 Å². The van der Waals surface area contributed by atoms with E-state index in [1.807, 2.05) is 0 Å². The van der Waals surface area contributed by atoms with Gasteiger partial charge >= 0.3 is 0 Å². The average Bonchev–Trinajstić information content (AvgIpc) is 2.30. The zero-order valence-corrected chi connectivity index (χ0v) is 9.95. The Morgan fingerprint density at radius 1 is 1.25 bits per heavy atom. The Kier molecular flexibility index (Phi) is 3.34. The average molecular weight is 221 g/mol. The first-order valence-corrected chi connectivity index (χ1v) is 5.75. The van der Waals surface area contributed by atoms with Crippen molar-refractivity contribution >= 4 is 0 Å². The quantitative estimate of drug-likeness (QED) is 0.828. The predicted molar refractivity (Wildman–Crippen MR) is 64.3 cm³/mol. The maximum atomic E-state index is 5.53. The second-order valence-electron chi connectivity index (χ2n) is 4.24. The summed E-state index contributed by atoms with van der Waals surface area (Å²) in [5.74, 6) is 2.33. The third-order valence-corrected chi connectivity index (χ3v) is 3.31. The smallest absolute Gasteiger partial charge is 0.161 e. The molecule has 3 heteroatoms. The summed E-state index contributed by atoms with van der Waals surface area (Å²) in [5, 5.41) is 0. The van der Waals surface area contributed by atoms with Crippen molar-refractivity contribution in [3.63, 3.8) is 0 Å². The molecule has 2 N–H and O–H groups in total. The number of benzene rings is 1. The van der Waals surface area contributed by atoms with Crippen LogP contribution in [0.4, 0.5) is 0 Å². The summed E-state index contributed by atoms with van der Waals surface area (Å²) < 4.78 is 10.6. The lowest BCUT2D eigenvalue weighted by atomic mass is 9.75. The first-order valence-electron chi connectivity index (χ1n) is 5.75. The fourth-order valence-corrected chi connectivity index (χ4v) is 2.36. The van der Waals surface area contributed by atoms with Gasteiger partial charge in [0.2, 0.25) is 0 Å². The molecule has 0 bridgehead atoms. The topological polar surface area (TPSA) is 44.5 Å². The van der Waals surface area contributed by atoms with Gasteiger partial charge in [-0.1, -0.05) is 0 Å². The van der Waals surface area contributed by atoms with E-state index in [-0.39, 0.29) is 0 Å². The molecule has 1 aliphatic carbocycles. The van der Waals surface area contributed by atoms with E-state index in [1.165, 1.54) is 17.5 Å². The maximum Gasteiger partial charge on any atom is 0.161 e. The Bertz CT molecular complexity index is 376. The molecule has 3 nitrogen and oxygen atoms in total. The Labute approximate surface area is 96.5 Å². The van der Waals surface area contributed by atoms with Crippen LogP contribution in [-0.4, -0.2) is 20.8 Å². The molecule has 1 aromatic rings. The Morgan fingerprint density at radius 2 is 1.94 bits per heavy atom. The summed E-state index contributed by atoms with van der Waals surface area (Å²) >= 11 is 0. The van der Waals surface area contributed by atoms with Gasteiger partial charge in [-0.15, -0.1) is 0 Å². The number of nitrogens with two attached hydrogens (primary N) is 1. The molecule has 2 rings (SSSR count). The van der Waals surface area contributed by atoms with Crippen LogP contribution in [0.15, 0.2) is 12.1 Å². The number of hydrogen-bond acceptors (Lipinski definition) is 3. The van der Waals surface area contributed by atoms with E-state index in [2.05, 4.69) is 12.1 Å². The lowest BCUT2D eigenvalue weighted by Crippen LogP contribution is -2.18. The first-order chi connectivity index (χ1) is 7.80. The van der Waals surface area contributed by atoms with E-state index >= 15 is 0 Å². The van der Waals surface area contributed by atoms with Crippen LogP contribution < -0.4 is 15.2 Å². The molecule has 0 saturated carbocycles. The van der Waals surface area contributed by atoms with Gasteiger partial charge in [0.1, 0.15) is 0 Å². The van der Waals surface area contributed by atoms with Crippen LogP contribution in [0.25, 0.3) is 0 Å². The third-order valence-electron chi connectivity index (χ3n) is 3.31. The summed E-state index contributed by atoms with van der Waals surface area (Å²) in [4.78, 5) is 0. The van der Waals surface area contributed by atoms with Crippen molar-refractivity contribution in [3.05, 3.63) is 23.3 Å². The molecule has 1 aromatic carbocycles. The predicted octanol–water partition coefficient (Wildman–Crippen LogP) is 2.08. The van der Waals surface area contributed by atoms with Crippen LogP contribution in [-0.2, 0) is 6.42 Å². The lowest BCUT2D eigenvalue weighted by molar-refractivity contribution is 0.351. The molecule has 0 saturated heterocycles. The molecule has 0 amide bonds. The van der Waals surface area contributed by atoms with Crippen molar-refractivity contribution in [1.29, 1.82) is 0 Å². The molecule has 16 heavy (non-hydrogen) atoms. The fraction of sp³-hybridized carbons (Fsp3) is 0.538. The summed E-state index contributed by atoms with van der Waals surface area (Å²) in [6.45, 7) is 0.777. The van der Waals surface area contributed by atoms with Gasteiger partial charge in [0.05, 0.1) is 14.2 Å². The van der Waals surface area contributed by atoms with Crippen LogP contribution in [0.1, 0.15) is 29.9 Å². The summed E-state index contributed by atoms with van der Waals surface area (Å²) in [6.07, 6.45) is 3.42. The number of ether oxygens (including phenoxy) is 2. The highest BCUT2D eigenvalue weighted by Gasteiger charge is 2.27. The number of rotatable bonds is 5. The minimum atomic E-state index is 0.665. The van der Waals surface area contributed by atoms with Gasteiger partial charge < -0.3 is 15.2 Å². The Hall–Kier alpha value is -1.22. The minimum Gasteiger partial charge on any atom is -0.493 e. The van der Waals surface area contributed by atoms with Crippen molar-refractivity contribution in [2.75, 3.05) is 20.8 Å². The number of fused-ring (bicyclic) bond motifs is 1. The fourth-order valence-electron chi connectivity index (χ4n) is 2.36. The molecule has 88 valence electrons. The molecule has 0 aliphatic heterocycles. The summed E-state index contributed by atoms with van der Waals surface area (Å²) in [6, 6.07) is 4.20. The van der Waals surface area contributed by atoms with Crippen molar-refractivity contribution in [3.8, 4) is 11.5 Å². The standard InChI is InChI=1S/C13H19NO2/c1-15-12-7-10-6-9(4-3-5-14)11(10)8-13(12)16-2/h7-9H,3-6,14H2,1-2H3/t9-/m0/s1. The van der Waals surface area contributed by atoms with E-state index in [1.54, 1.807) is 14.2 Å². The van der Waals surface area contributed by atoms with Crippen molar-refractivity contribution < 1.29 is 9.47 Å². The normalized spacial score (nSPS) is 17.6. The molecule has 0 radical (unpaired) electrons. The maximum absolute atomic E-state index is 5.53. The lowest BCUT2D eigenvalue weighted by Gasteiger charge is -2.31. The number of methoxy groups -OCH3 is 2. The van der Waals surface area contributed by atoms with Gasteiger partial charge in [0, 0.05) is 0 Å². The van der Waals surface area contributed by atoms with Crippen LogP contribution in [0.5, 0.6) is 11.5 Å². The Morgan fingerprint density at radius 3 is 2.56 bits per heavy atom. The van der Waals surface area contributed by atoms with Gasteiger partial charge in [-0.25, -0.2) is 0 Å². The zero-order chi connectivity index (χ0) is 11.5. The summed E-state index contributed by atoms with van der Waals surface area (Å²) in [7, 11) is 3.35. The van der Waals surface area contributed by atoms with Crippen LogP contribution in [0.3, 0.4) is 0 Å². The van der Waals surface area contributed by atoms with E-state index in [0.29, 0.717) is 5.92 Å². The monoisotopic (exact) mass is 221 g/mol. The molecule has 0 unspecified atom stereocenters. The van der Waals surface area contributed by atoms with Crippen LogP contribution >= 0.6 is 0 Å². The van der Waals surface area contributed by atoms with E-state index in [0.717, 1.165) is 30.9 Å². The molecule has 0 spiro atoms. The van der Waals surface area contributed by atoms with Gasteiger partial charge in [-0.3, -0.25) is 0 Å². The summed E-state index contributed by atoms with van der Waals surface area (Å²) in [5.41, 5.74) is 8.33. The van der Waals surface area contributed by atoms with Gasteiger partial charge in [-0.2, -0.15) is 0 Å². The highest BCUT2D eigenvalue weighted by Crippen LogP contribution is 2.44. The molecule has 1 aliphatic rings. The highest BCUT2D eigenvalue weighted by atomic mass is 16.5. The highest BCUT2D eigenvalue weighted by molar-refractivity contribution is 5.53. The van der Waals surface area contributed by atoms with Gasteiger partial charge in [-0.05, 0) is 55.0 Å². The molecule has 1 atom stereocenters. The van der Waals surface area contributed by atoms with Crippen molar-refractivity contribution in [1.82, 2.24) is 0 Å². The van der Waals surface area contributed by atoms with Crippen molar-refractivity contribution in [2.45, 2.75) is 25.2 Å². The zero-order valence-electron chi connectivity index (χ0n) is 9.95. The molecule has 0 fully saturated rings.